The average Bonchev–Trinajstić information content (AvgIpc) is 2.11. The van der Waals surface area contributed by atoms with Gasteiger partial charge in [0.2, 0.25) is 0 Å². The maximum Gasteiger partial charge on any atom is 0.306 e. The second kappa shape index (κ2) is 4.42. The molecule has 0 heterocycles. The van der Waals surface area contributed by atoms with Crippen LogP contribution in [0.25, 0.3) is 0 Å². The summed E-state index contributed by atoms with van der Waals surface area (Å²) in [4.78, 5) is 10.5. The Balaban J connectivity index is 2.78. The predicted molar refractivity (Wildman–Crippen MR) is 51.9 cm³/mol. The van der Waals surface area contributed by atoms with E-state index in [9.17, 15) is 9.18 Å². The molecular weight excluding hydrogens is 207 g/mol. The summed E-state index contributed by atoms with van der Waals surface area (Å²) in [7, 11) is 0. The van der Waals surface area contributed by atoms with Gasteiger partial charge < -0.3 is 5.11 Å². The number of hydrogen-bond acceptors (Lipinski definition) is 1. The number of carboxylic acids is 1. The second-order valence-corrected chi connectivity index (χ2v) is 3.60. The highest BCUT2D eigenvalue weighted by molar-refractivity contribution is 6.30. The molecule has 1 aromatic rings. The summed E-state index contributed by atoms with van der Waals surface area (Å²) in [6.45, 7) is 1.58. The van der Waals surface area contributed by atoms with Crippen LogP contribution >= 0.6 is 11.6 Å². The standard InChI is InChI=1S/C10H10ClFO2/c1-6(10(13)14)4-7-2-3-8(11)9(12)5-7/h2-3,5-6H,4H2,1H3,(H,13,14). The fourth-order valence-electron chi connectivity index (χ4n) is 1.11. The van der Waals surface area contributed by atoms with Crippen molar-refractivity contribution in [1.82, 2.24) is 0 Å². The minimum atomic E-state index is -0.889. The molecule has 1 unspecified atom stereocenters. The second-order valence-electron chi connectivity index (χ2n) is 3.19. The van der Waals surface area contributed by atoms with Gasteiger partial charge >= 0.3 is 5.97 Å². The smallest absolute Gasteiger partial charge is 0.306 e. The van der Waals surface area contributed by atoms with Crippen LogP contribution in [0.2, 0.25) is 5.02 Å². The van der Waals surface area contributed by atoms with Gasteiger partial charge in [-0.1, -0.05) is 24.6 Å². The summed E-state index contributed by atoms with van der Waals surface area (Å²) in [6, 6.07) is 4.33. The predicted octanol–water partition coefficient (Wildman–Crippen LogP) is 2.74. The Hall–Kier alpha value is -1.09. The van der Waals surface area contributed by atoms with Gasteiger partial charge in [0, 0.05) is 0 Å². The van der Waals surface area contributed by atoms with Gasteiger partial charge in [0.05, 0.1) is 10.9 Å². The lowest BCUT2D eigenvalue weighted by Crippen LogP contribution is -2.12. The summed E-state index contributed by atoms with van der Waals surface area (Å²) >= 11 is 5.49. The van der Waals surface area contributed by atoms with Crippen LogP contribution in [0.4, 0.5) is 4.39 Å². The third-order valence-electron chi connectivity index (χ3n) is 1.95. The van der Waals surface area contributed by atoms with E-state index >= 15 is 0 Å². The number of halogens is 2. The average molecular weight is 217 g/mol. The van der Waals surface area contributed by atoms with Crippen molar-refractivity contribution in [2.24, 2.45) is 5.92 Å². The summed E-state index contributed by atoms with van der Waals surface area (Å²) in [5.41, 5.74) is 0.641. The van der Waals surface area contributed by atoms with E-state index in [0.29, 0.717) is 12.0 Å². The molecule has 0 radical (unpaired) electrons. The van der Waals surface area contributed by atoms with E-state index in [2.05, 4.69) is 0 Å². The molecule has 0 amide bonds. The maximum absolute atomic E-state index is 13.0. The molecule has 0 aliphatic carbocycles. The van der Waals surface area contributed by atoms with E-state index in [-0.39, 0.29) is 5.02 Å². The number of hydrogen-bond donors (Lipinski definition) is 1. The first kappa shape index (κ1) is 11.0. The van der Waals surface area contributed by atoms with Gasteiger partial charge in [0.25, 0.3) is 0 Å². The quantitative estimate of drug-likeness (QED) is 0.844. The van der Waals surface area contributed by atoms with Gasteiger partial charge in [-0.15, -0.1) is 0 Å². The van der Waals surface area contributed by atoms with E-state index in [1.165, 1.54) is 12.1 Å². The van der Waals surface area contributed by atoms with Crippen molar-refractivity contribution in [2.75, 3.05) is 0 Å². The monoisotopic (exact) mass is 216 g/mol. The van der Waals surface area contributed by atoms with E-state index in [1.54, 1.807) is 13.0 Å². The van der Waals surface area contributed by atoms with Gasteiger partial charge in [-0.25, -0.2) is 4.39 Å². The fourth-order valence-corrected chi connectivity index (χ4v) is 1.23. The SMILES string of the molecule is CC(Cc1ccc(Cl)c(F)c1)C(=O)O. The van der Waals surface area contributed by atoms with Crippen LogP contribution in [0.5, 0.6) is 0 Å². The van der Waals surface area contributed by atoms with Crippen LogP contribution < -0.4 is 0 Å². The number of benzene rings is 1. The van der Waals surface area contributed by atoms with E-state index < -0.39 is 17.7 Å². The van der Waals surface area contributed by atoms with Crippen molar-refractivity contribution < 1.29 is 14.3 Å². The van der Waals surface area contributed by atoms with Crippen LogP contribution in [0.1, 0.15) is 12.5 Å². The Morgan fingerprint density at radius 1 is 1.64 bits per heavy atom. The highest BCUT2D eigenvalue weighted by Gasteiger charge is 2.12. The number of carboxylic acid groups (broad SMARTS) is 1. The summed E-state index contributed by atoms with van der Waals surface area (Å²) in [5, 5.41) is 8.70. The van der Waals surface area contributed by atoms with Crippen molar-refractivity contribution in [2.45, 2.75) is 13.3 Å². The number of aliphatic carboxylic acids is 1. The molecule has 0 aromatic heterocycles. The highest BCUT2D eigenvalue weighted by atomic mass is 35.5. The van der Waals surface area contributed by atoms with Crippen molar-refractivity contribution in [1.29, 1.82) is 0 Å². The molecule has 0 saturated heterocycles. The Morgan fingerprint density at radius 2 is 2.29 bits per heavy atom. The van der Waals surface area contributed by atoms with Gasteiger partial charge in [-0.2, -0.15) is 0 Å². The molecule has 1 aromatic carbocycles. The molecule has 0 aliphatic rings. The van der Waals surface area contributed by atoms with Crippen molar-refractivity contribution >= 4 is 17.6 Å². The fraction of sp³-hybridized carbons (Fsp3) is 0.300. The summed E-state index contributed by atoms with van der Waals surface area (Å²) < 4.78 is 13.0. The first-order valence-electron chi connectivity index (χ1n) is 4.17. The molecule has 1 rings (SSSR count). The Kier molecular flexibility index (Phi) is 3.47. The lowest BCUT2D eigenvalue weighted by Gasteiger charge is -2.06. The van der Waals surface area contributed by atoms with Crippen LogP contribution in [0.3, 0.4) is 0 Å². The highest BCUT2D eigenvalue weighted by Crippen LogP contribution is 2.17. The minimum Gasteiger partial charge on any atom is -0.481 e. The first-order chi connectivity index (χ1) is 6.50. The van der Waals surface area contributed by atoms with E-state index in [0.717, 1.165) is 0 Å². The molecule has 1 N–H and O–H groups in total. The number of carbonyl (C=O) groups is 1. The Morgan fingerprint density at radius 3 is 2.79 bits per heavy atom. The van der Waals surface area contributed by atoms with E-state index in [4.69, 9.17) is 16.7 Å². The first-order valence-corrected chi connectivity index (χ1v) is 4.55. The van der Waals surface area contributed by atoms with Gasteiger partial charge in [0.15, 0.2) is 0 Å². The van der Waals surface area contributed by atoms with Crippen molar-refractivity contribution in [3.63, 3.8) is 0 Å². The van der Waals surface area contributed by atoms with Gasteiger partial charge in [0.1, 0.15) is 5.82 Å². The lowest BCUT2D eigenvalue weighted by atomic mass is 10.0. The van der Waals surface area contributed by atoms with Crippen molar-refractivity contribution in [3.05, 3.63) is 34.6 Å². The number of rotatable bonds is 3. The maximum atomic E-state index is 13.0. The Bertz CT molecular complexity index is 352. The van der Waals surface area contributed by atoms with Crippen LogP contribution in [-0.4, -0.2) is 11.1 Å². The zero-order valence-corrected chi connectivity index (χ0v) is 8.38. The topological polar surface area (TPSA) is 37.3 Å². The molecular formula is C10H10ClFO2. The van der Waals surface area contributed by atoms with Crippen LogP contribution in [0.15, 0.2) is 18.2 Å². The molecule has 0 fully saturated rings. The molecule has 0 bridgehead atoms. The molecule has 4 heteroatoms. The molecule has 14 heavy (non-hydrogen) atoms. The third-order valence-corrected chi connectivity index (χ3v) is 2.25. The normalized spacial score (nSPS) is 12.5. The zero-order chi connectivity index (χ0) is 10.7. The van der Waals surface area contributed by atoms with Gasteiger partial charge in [-0.05, 0) is 24.1 Å². The van der Waals surface area contributed by atoms with Gasteiger partial charge in [-0.3, -0.25) is 4.79 Å². The third kappa shape index (κ3) is 2.70. The zero-order valence-electron chi connectivity index (χ0n) is 7.63. The van der Waals surface area contributed by atoms with E-state index in [1.807, 2.05) is 0 Å². The molecule has 2 nitrogen and oxygen atoms in total. The molecule has 0 saturated carbocycles. The van der Waals surface area contributed by atoms with Crippen LogP contribution in [0, 0.1) is 11.7 Å². The largest absolute Gasteiger partial charge is 0.481 e. The molecule has 0 aliphatic heterocycles. The lowest BCUT2D eigenvalue weighted by molar-refractivity contribution is -0.141. The summed E-state index contributed by atoms with van der Waals surface area (Å²) in [6.07, 6.45) is 0.309. The minimum absolute atomic E-state index is 0.0525. The summed E-state index contributed by atoms with van der Waals surface area (Å²) in [5.74, 6) is -1.92. The molecule has 76 valence electrons. The molecule has 1 atom stereocenters. The Labute approximate surface area is 86.3 Å². The van der Waals surface area contributed by atoms with Crippen LogP contribution in [-0.2, 0) is 11.2 Å². The van der Waals surface area contributed by atoms with Crippen molar-refractivity contribution in [3.8, 4) is 0 Å². The molecule has 0 spiro atoms.